The molecular weight excluding hydrogens is 605 g/mol. The van der Waals surface area contributed by atoms with Crippen LogP contribution in [-0.4, -0.2) is 67.4 Å². The van der Waals surface area contributed by atoms with Crippen molar-refractivity contribution in [2.24, 2.45) is 0 Å². The van der Waals surface area contributed by atoms with Gasteiger partial charge in [0.2, 0.25) is 5.91 Å². The summed E-state index contributed by atoms with van der Waals surface area (Å²) in [5.41, 5.74) is 1.16. The second-order valence-corrected chi connectivity index (χ2v) is 12.0. The number of anilines is 2. The molecule has 1 fully saturated rings. The molecule has 14 heteroatoms. The number of carbonyl (C=O) groups excluding carboxylic acids is 2. The first-order valence-corrected chi connectivity index (χ1v) is 14.7. The lowest BCUT2D eigenvalue weighted by molar-refractivity contribution is -0.137. The van der Waals surface area contributed by atoms with E-state index in [0.717, 1.165) is 12.1 Å². The third-order valence-electron chi connectivity index (χ3n) is 7.24. The normalized spacial score (nSPS) is 16.8. The molecule has 1 saturated heterocycles. The molecule has 0 bridgehead atoms. The average Bonchev–Trinajstić information content (AvgIpc) is 3.57. The van der Waals surface area contributed by atoms with Crippen molar-refractivity contribution in [1.82, 2.24) is 24.8 Å². The number of fused-ring (bicyclic) bond motifs is 1. The van der Waals surface area contributed by atoms with Crippen LogP contribution in [-0.2, 0) is 22.3 Å². The Morgan fingerprint density at radius 1 is 1.09 bits per heavy atom. The number of aromatic nitrogens is 3. The van der Waals surface area contributed by atoms with Gasteiger partial charge in [0.15, 0.2) is 5.82 Å². The van der Waals surface area contributed by atoms with E-state index in [9.17, 15) is 27.9 Å². The van der Waals surface area contributed by atoms with Gasteiger partial charge < -0.3 is 29.8 Å². The van der Waals surface area contributed by atoms with Crippen LogP contribution in [0, 0.1) is 6.92 Å². The summed E-state index contributed by atoms with van der Waals surface area (Å²) < 4.78 is 52.4. The molecule has 2 amide bonds. The monoisotopic (exact) mass is 640 g/mol. The highest BCUT2D eigenvalue weighted by Crippen LogP contribution is 2.34. The van der Waals surface area contributed by atoms with Gasteiger partial charge in [0.1, 0.15) is 35.0 Å². The second kappa shape index (κ2) is 12.9. The molecule has 5 rings (SSSR count). The van der Waals surface area contributed by atoms with Crippen LogP contribution >= 0.6 is 0 Å². The molecule has 2 aromatic heterocycles. The maximum absolute atomic E-state index is 13.1. The molecule has 3 N–H and O–H groups in total. The lowest BCUT2D eigenvalue weighted by Crippen LogP contribution is -2.48. The van der Waals surface area contributed by atoms with Crippen molar-refractivity contribution in [3.63, 3.8) is 0 Å². The van der Waals surface area contributed by atoms with Gasteiger partial charge in [-0.1, -0.05) is 6.07 Å². The van der Waals surface area contributed by atoms with Crippen molar-refractivity contribution < 1.29 is 37.3 Å². The summed E-state index contributed by atoms with van der Waals surface area (Å²) >= 11 is 0. The molecule has 0 radical (unpaired) electrons. The summed E-state index contributed by atoms with van der Waals surface area (Å²) in [7, 11) is 0. The van der Waals surface area contributed by atoms with Gasteiger partial charge in [0, 0.05) is 31.4 Å². The minimum atomic E-state index is -4.48. The topological polar surface area (TPSA) is 131 Å². The fraction of sp³-hybridized carbons (Fsp3) is 0.375. The number of nitrogens with one attached hydrogen (secondary N) is 2. The number of likely N-dealkylation sites (tertiary alicyclic amines) is 1. The smallest absolute Gasteiger partial charge is 0.416 e. The van der Waals surface area contributed by atoms with Crippen LogP contribution < -0.4 is 15.4 Å². The number of rotatable bonds is 8. The number of nitrogens with zero attached hydrogens (tertiary/aromatic N) is 4. The number of hydrogen-bond acceptors (Lipinski definition) is 8. The van der Waals surface area contributed by atoms with Crippen LogP contribution in [0.5, 0.6) is 11.5 Å². The van der Waals surface area contributed by atoms with E-state index in [2.05, 4.69) is 20.6 Å². The van der Waals surface area contributed by atoms with Gasteiger partial charge in [-0.3, -0.25) is 9.69 Å². The molecule has 1 aliphatic heterocycles. The highest BCUT2D eigenvalue weighted by atomic mass is 19.4. The molecule has 3 heterocycles. The molecule has 244 valence electrons. The van der Waals surface area contributed by atoms with E-state index in [1.54, 1.807) is 45.9 Å². The van der Waals surface area contributed by atoms with Crippen molar-refractivity contribution in [3.8, 4) is 11.5 Å². The number of halogens is 3. The molecule has 46 heavy (non-hydrogen) atoms. The van der Waals surface area contributed by atoms with Gasteiger partial charge in [-0.05, 0) is 75.7 Å². The highest BCUT2D eigenvalue weighted by molar-refractivity contribution is 5.88. The lowest BCUT2D eigenvalue weighted by atomic mass is 10.2. The first-order chi connectivity index (χ1) is 21.7. The van der Waals surface area contributed by atoms with Crippen molar-refractivity contribution in [3.05, 3.63) is 72.2 Å². The van der Waals surface area contributed by atoms with E-state index in [4.69, 9.17) is 9.47 Å². The summed E-state index contributed by atoms with van der Waals surface area (Å²) in [6.45, 7) is 7.58. The van der Waals surface area contributed by atoms with Crippen LogP contribution in [0.15, 0.2) is 61.1 Å². The van der Waals surface area contributed by atoms with Crippen LogP contribution in [0.2, 0.25) is 0 Å². The van der Waals surface area contributed by atoms with Gasteiger partial charge >= 0.3 is 12.3 Å². The Hall–Kier alpha value is -4.85. The minimum absolute atomic E-state index is 0.0133. The van der Waals surface area contributed by atoms with Gasteiger partial charge in [-0.15, -0.1) is 0 Å². The summed E-state index contributed by atoms with van der Waals surface area (Å²) in [5, 5.41) is 16.3. The molecule has 0 aliphatic carbocycles. The molecule has 1 aliphatic rings. The Morgan fingerprint density at radius 2 is 1.87 bits per heavy atom. The highest BCUT2D eigenvalue weighted by Gasteiger charge is 2.40. The predicted molar refractivity (Wildman–Crippen MR) is 164 cm³/mol. The first kappa shape index (κ1) is 32.5. The SMILES string of the molecule is Cc1cc(Nc2ncnc3ccn(CCNC(=O)C4CC(O)CN4C(=O)OC(C)(C)C)c23)ccc1Oc1cccc(C(F)(F)F)c1. The Labute approximate surface area is 263 Å². The first-order valence-electron chi connectivity index (χ1n) is 14.7. The maximum Gasteiger partial charge on any atom is 0.416 e. The quantitative estimate of drug-likeness (QED) is 0.221. The van der Waals surface area contributed by atoms with Crippen LogP contribution in [0.3, 0.4) is 0 Å². The van der Waals surface area contributed by atoms with Crippen molar-refractivity contribution in [2.45, 2.75) is 64.6 Å². The van der Waals surface area contributed by atoms with Crippen LogP contribution in [0.4, 0.5) is 29.5 Å². The number of amides is 2. The number of β-amino-alcohol motifs (C(OH)–C–C–N with tert-alkyl or cyclic N) is 1. The number of aliphatic hydroxyl groups excluding tert-OH is 1. The largest absolute Gasteiger partial charge is 0.457 e. The number of aliphatic hydroxyl groups is 1. The summed E-state index contributed by atoms with van der Waals surface area (Å²) in [6.07, 6.45) is -2.60. The Kier molecular flexibility index (Phi) is 9.10. The fourth-order valence-electron chi connectivity index (χ4n) is 5.15. The molecular formula is C32H35F3N6O5. The van der Waals surface area contributed by atoms with E-state index in [1.807, 2.05) is 16.8 Å². The van der Waals surface area contributed by atoms with E-state index in [1.165, 1.54) is 23.4 Å². The molecule has 2 atom stereocenters. The second-order valence-electron chi connectivity index (χ2n) is 12.0. The van der Waals surface area contributed by atoms with E-state index in [-0.39, 0.29) is 25.3 Å². The van der Waals surface area contributed by atoms with Crippen molar-refractivity contribution >= 4 is 34.5 Å². The van der Waals surface area contributed by atoms with Crippen molar-refractivity contribution in [2.75, 3.05) is 18.4 Å². The summed E-state index contributed by atoms with van der Waals surface area (Å²) in [4.78, 5) is 35.7. The number of ether oxygens (including phenoxy) is 2. The standard InChI is InChI=1S/C32H35F3N6O5/c1-19-14-21(8-9-26(19)45-23-7-5-6-20(15-23)32(33,34)35)39-28-27-24(37-18-38-28)10-12-40(27)13-11-36-29(43)25-16-22(42)17-41(25)30(44)46-31(2,3)4/h5-10,12,14-15,18,22,25,42H,11,13,16-17H2,1-4H3,(H,36,43)(H,37,38,39). The Bertz CT molecular complexity index is 1740. The zero-order valence-corrected chi connectivity index (χ0v) is 25.8. The fourth-order valence-corrected chi connectivity index (χ4v) is 5.15. The minimum Gasteiger partial charge on any atom is -0.457 e. The third kappa shape index (κ3) is 7.68. The third-order valence-corrected chi connectivity index (χ3v) is 7.24. The average molecular weight is 641 g/mol. The number of carbonyl (C=O) groups is 2. The van der Waals surface area contributed by atoms with Gasteiger partial charge in [0.25, 0.3) is 0 Å². The van der Waals surface area contributed by atoms with E-state index >= 15 is 0 Å². The predicted octanol–water partition coefficient (Wildman–Crippen LogP) is 5.78. The summed E-state index contributed by atoms with van der Waals surface area (Å²) in [6, 6.07) is 10.8. The van der Waals surface area contributed by atoms with Gasteiger partial charge in [-0.2, -0.15) is 13.2 Å². The molecule has 4 aromatic rings. The van der Waals surface area contributed by atoms with E-state index < -0.39 is 41.5 Å². The maximum atomic E-state index is 13.1. The number of alkyl halides is 3. The zero-order chi connectivity index (χ0) is 33.2. The number of hydrogen-bond donors (Lipinski definition) is 3. The molecule has 0 saturated carbocycles. The Morgan fingerprint density at radius 3 is 2.59 bits per heavy atom. The van der Waals surface area contributed by atoms with Gasteiger partial charge in [-0.25, -0.2) is 14.8 Å². The Balaban J connectivity index is 1.25. The van der Waals surface area contributed by atoms with Crippen LogP contribution in [0.1, 0.15) is 38.3 Å². The van der Waals surface area contributed by atoms with E-state index in [0.29, 0.717) is 40.4 Å². The molecule has 11 nitrogen and oxygen atoms in total. The number of aryl methyl sites for hydroxylation is 1. The zero-order valence-electron chi connectivity index (χ0n) is 25.8. The summed E-state index contributed by atoms with van der Waals surface area (Å²) in [5.74, 6) is 0.582. The molecule has 2 unspecified atom stereocenters. The van der Waals surface area contributed by atoms with Crippen molar-refractivity contribution in [1.29, 1.82) is 0 Å². The molecule has 0 spiro atoms. The van der Waals surface area contributed by atoms with Crippen LogP contribution in [0.25, 0.3) is 11.0 Å². The molecule has 2 aromatic carbocycles. The van der Waals surface area contributed by atoms with Gasteiger partial charge in [0.05, 0.1) is 23.7 Å². The lowest BCUT2D eigenvalue weighted by Gasteiger charge is -2.27. The number of benzene rings is 2.